The van der Waals surface area contributed by atoms with Gasteiger partial charge in [0.25, 0.3) is 0 Å². The van der Waals surface area contributed by atoms with Gasteiger partial charge in [-0.1, -0.05) is 58.3 Å². The summed E-state index contributed by atoms with van der Waals surface area (Å²) in [5, 5.41) is 21.6. The van der Waals surface area contributed by atoms with Gasteiger partial charge in [-0.05, 0) is 20.3 Å². The molecule has 0 rings (SSSR count). The molecular weight excluding hydrogens is 266 g/mol. The first-order chi connectivity index (χ1) is 9.99. The van der Waals surface area contributed by atoms with Crippen molar-refractivity contribution in [3.8, 4) is 0 Å². The summed E-state index contributed by atoms with van der Waals surface area (Å²) in [7, 11) is 0. The van der Waals surface area contributed by atoms with Crippen molar-refractivity contribution < 1.29 is 15.0 Å². The van der Waals surface area contributed by atoms with Gasteiger partial charge in [-0.15, -0.1) is 0 Å². The first-order valence-corrected chi connectivity index (χ1v) is 8.62. The van der Waals surface area contributed by atoms with E-state index < -0.39 is 12.2 Å². The third kappa shape index (κ3) is 11.7. The normalized spacial score (nSPS) is 15.5. The first-order valence-electron chi connectivity index (χ1n) is 8.62. The number of unbranched alkanes of at least 4 members (excludes halogenated alkanes) is 7. The number of amides is 1. The highest BCUT2D eigenvalue weighted by atomic mass is 16.3. The second-order valence-corrected chi connectivity index (χ2v) is 6.20. The fourth-order valence-electron chi connectivity index (χ4n) is 2.47. The van der Waals surface area contributed by atoms with Crippen molar-refractivity contribution in [2.75, 3.05) is 6.54 Å². The second-order valence-electron chi connectivity index (χ2n) is 6.20. The van der Waals surface area contributed by atoms with Gasteiger partial charge in [0.15, 0.2) is 0 Å². The number of hydrogen-bond donors (Lipinski definition) is 3. The van der Waals surface area contributed by atoms with Crippen molar-refractivity contribution in [3.63, 3.8) is 0 Å². The zero-order valence-corrected chi connectivity index (χ0v) is 14.1. The Bertz CT molecular complexity index is 254. The first kappa shape index (κ1) is 20.4. The van der Waals surface area contributed by atoms with Crippen LogP contribution < -0.4 is 5.32 Å². The van der Waals surface area contributed by atoms with Crippen LogP contribution in [0.3, 0.4) is 0 Å². The minimum Gasteiger partial charge on any atom is -0.393 e. The molecule has 0 bridgehead atoms. The van der Waals surface area contributed by atoms with Crippen LogP contribution in [0.5, 0.6) is 0 Å². The minimum absolute atomic E-state index is 0.145. The van der Waals surface area contributed by atoms with Gasteiger partial charge < -0.3 is 15.5 Å². The molecule has 0 radical (unpaired) electrons. The summed E-state index contributed by atoms with van der Waals surface area (Å²) in [5.41, 5.74) is 0. The van der Waals surface area contributed by atoms with E-state index in [9.17, 15) is 15.0 Å². The van der Waals surface area contributed by atoms with Crippen LogP contribution in [-0.4, -0.2) is 34.9 Å². The maximum absolute atomic E-state index is 11.9. The summed E-state index contributed by atoms with van der Waals surface area (Å²) in [5.74, 6) is -0.502. The predicted molar refractivity (Wildman–Crippen MR) is 87.1 cm³/mol. The topological polar surface area (TPSA) is 69.6 Å². The highest BCUT2D eigenvalue weighted by molar-refractivity contribution is 5.79. The van der Waals surface area contributed by atoms with E-state index >= 15 is 0 Å². The van der Waals surface area contributed by atoms with Gasteiger partial charge in [0.05, 0.1) is 18.1 Å². The van der Waals surface area contributed by atoms with E-state index in [-0.39, 0.29) is 18.4 Å². The molecule has 3 atom stereocenters. The molecule has 21 heavy (non-hydrogen) atoms. The fraction of sp³-hybridized carbons (Fsp3) is 0.941. The van der Waals surface area contributed by atoms with Gasteiger partial charge >= 0.3 is 0 Å². The van der Waals surface area contributed by atoms with Crippen molar-refractivity contribution in [1.82, 2.24) is 5.32 Å². The van der Waals surface area contributed by atoms with E-state index in [1.807, 2.05) is 0 Å². The molecule has 0 aromatic rings. The van der Waals surface area contributed by atoms with Crippen LogP contribution in [0.4, 0.5) is 0 Å². The molecule has 0 saturated carbocycles. The highest BCUT2D eigenvalue weighted by Gasteiger charge is 2.22. The summed E-state index contributed by atoms with van der Waals surface area (Å²) in [6.45, 7) is 5.77. The molecule has 0 aromatic heterocycles. The van der Waals surface area contributed by atoms with Gasteiger partial charge in [0.1, 0.15) is 0 Å². The molecule has 3 unspecified atom stereocenters. The smallest absolute Gasteiger partial charge is 0.225 e. The Morgan fingerprint density at radius 3 is 1.95 bits per heavy atom. The van der Waals surface area contributed by atoms with Crippen molar-refractivity contribution in [2.45, 2.75) is 90.8 Å². The average molecular weight is 301 g/mol. The number of hydrogen-bond acceptors (Lipinski definition) is 3. The SMILES string of the molecule is CCCCCCCCCCC(C(=O)NCC(C)O)C(C)O. The van der Waals surface area contributed by atoms with E-state index in [1.165, 1.54) is 38.5 Å². The Balaban J connectivity index is 3.77. The predicted octanol–water partition coefficient (Wildman–Crippen LogP) is 3.01. The Morgan fingerprint density at radius 2 is 1.48 bits per heavy atom. The van der Waals surface area contributed by atoms with E-state index in [1.54, 1.807) is 13.8 Å². The maximum atomic E-state index is 11.9. The zero-order chi connectivity index (χ0) is 16.1. The summed E-state index contributed by atoms with van der Waals surface area (Å²) in [6, 6.07) is 0. The molecule has 0 aliphatic carbocycles. The molecule has 0 aromatic carbocycles. The van der Waals surface area contributed by atoms with Crippen LogP contribution in [0.2, 0.25) is 0 Å². The van der Waals surface area contributed by atoms with Crippen LogP contribution in [0.1, 0.15) is 78.6 Å². The zero-order valence-electron chi connectivity index (χ0n) is 14.1. The maximum Gasteiger partial charge on any atom is 0.225 e. The van der Waals surface area contributed by atoms with Crippen LogP contribution in [-0.2, 0) is 4.79 Å². The molecule has 0 aliphatic rings. The minimum atomic E-state index is -0.636. The molecule has 4 heteroatoms. The molecule has 126 valence electrons. The van der Waals surface area contributed by atoms with Crippen LogP contribution in [0, 0.1) is 5.92 Å². The van der Waals surface area contributed by atoms with E-state index in [0.717, 1.165) is 19.3 Å². The average Bonchev–Trinajstić information content (AvgIpc) is 2.42. The van der Waals surface area contributed by atoms with Crippen LogP contribution >= 0.6 is 0 Å². The highest BCUT2D eigenvalue weighted by Crippen LogP contribution is 2.16. The summed E-state index contributed by atoms with van der Waals surface area (Å²) in [6.07, 6.45) is 9.36. The van der Waals surface area contributed by atoms with Crippen molar-refractivity contribution in [2.24, 2.45) is 5.92 Å². The van der Waals surface area contributed by atoms with Gasteiger partial charge in [0.2, 0.25) is 5.91 Å². The van der Waals surface area contributed by atoms with Gasteiger partial charge in [-0.25, -0.2) is 0 Å². The Kier molecular flexibility index (Phi) is 12.7. The Morgan fingerprint density at radius 1 is 0.952 bits per heavy atom. The molecular formula is C17H35NO3. The van der Waals surface area contributed by atoms with E-state index in [0.29, 0.717) is 0 Å². The quantitative estimate of drug-likeness (QED) is 0.458. The van der Waals surface area contributed by atoms with E-state index in [2.05, 4.69) is 12.2 Å². The Labute approximate surface area is 130 Å². The fourth-order valence-corrected chi connectivity index (χ4v) is 2.47. The van der Waals surface area contributed by atoms with Crippen LogP contribution in [0.25, 0.3) is 0 Å². The third-order valence-electron chi connectivity index (χ3n) is 3.86. The lowest BCUT2D eigenvalue weighted by atomic mass is 9.94. The molecule has 0 heterocycles. The molecule has 0 fully saturated rings. The van der Waals surface area contributed by atoms with Crippen molar-refractivity contribution >= 4 is 5.91 Å². The number of rotatable bonds is 13. The lowest BCUT2D eigenvalue weighted by molar-refractivity contribution is -0.128. The molecule has 0 aliphatic heterocycles. The second kappa shape index (κ2) is 13.1. The standard InChI is InChI=1S/C17H35NO3/c1-4-5-6-7-8-9-10-11-12-16(15(3)20)17(21)18-13-14(2)19/h14-16,19-20H,4-13H2,1-3H3,(H,18,21). The Hall–Kier alpha value is -0.610. The number of nitrogens with one attached hydrogen (secondary N) is 1. The number of aliphatic hydroxyl groups excluding tert-OH is 2. The number of aliphatic hydroxyl groups is 2. The molecule has 0 saturated heterocycles. The number of carbonyl (C=O) groups excluding carboxylic acids is 1. The number of carbonyl (C=O) groups is 1. The molecule has 1 amide bonds. The molecule has 0 spiro atoms. The lowest BCUT2D eigenvalue weighted by Gasteiger charge is -2.20. The van der Waals surface area contributed by atoms with E-state index in [4.69, 9.17) is 0 Å². The monoisotopic (exact) mass is 301 g/mol. The molecule has 4 nitrogen and oxygen atoms in total. The lowest BCUT2D eigenvalue weighted by Crippen LogP contribution is -2.39. The summed E-state index contributed by atoms with van der Waals surface area (Å²) >= 11 is 0. The summed E-state index contributed by atoms with van der Waals surface area (Å²) in [4.78, 5) is 11.9. The van der Waals surface area contributed by atoms with Crippen molar-refractivity contribution in [1.29, 1.82) is 0 Å². The largest absolute Gasteiger partial charge is 0.393 e. The van der Waals surface area contributed by atoms with Gasteiger partial charge in [0, 0.05) is 6.54 Å². The van der Waals surface area contributed by atoms with Gasteiger partial charge in [-0.3, -0.25) is 4.79 Å². The summed E-state index contributed by atoms with van der Waals surface area (Å²) < 4.78 is 0. The third-order valence-corrected chi connectivity index (χ3v) is 3.86. The van der Waals surface area contributed by atoms with Crippen molar-refractivity contribution in [3.05, 3.63) is 0 Å². The van der Waals surface area contributed by atoms with Gasteiger partial charge in [-0.2, -0.15) is 0 Å². The van der Waals surface area contributed by atoms with Crippen LogP contribution in [0.15, 0.2) is 0 Å². The molecule has 3 N–H and O–H groups in total.